The zero-order valence-corrected chi connectivity index (χ0v) is 6.73. The molecule has 0 atom stereocenters. The monoisotopic (exact) mass is 160 g/mol. The summed E-state index contributed by atoms with van der Waals surface area (Å²) in [5.74, 6) is 0. The number of rotatable bonds is 1. The molecule has 0 amide bonds. The molecule has 60 valence electrons. The summed E-state index contributed by atoms with van der Waals surface area (Å²) in [5, 5.41) is 12.0. The zero-order chi connectivity index (χ0) is 8.39. The molecular formula is C8H8N4. The summed E-state index contributed by atoms with van der Waals surface area (Å²) in [6.07, 6.45) is 4.35. The molecule has 0 aromatic carbocycles. The molecule has 2 heterocycles. The van der Waals surface area contributed by atoms with Crippen LogP contribution < -0.4 is 0 Å². The first kappa shape index (κ1) is 7.09. The molecule has 0 aliphatic carbocycles. The fourth-order valence-corrected chi connectivity index (χ4v) is 1.04. The number of hydrogen-bond donors (Lipinski definition) is 0. The molecule has 2 rings (SSSR count). The van der Waals surface area contributed by atoms with Crippen LogP contribution in [0.5, 0.6) is 0 Å². The van der Waals surface area contributed by atoms with Crippen LogP contribution in [-0.4, -0.2) is 20.4 Å². The van der Waals surface area contributed by atoms with Gasteiger partial charge in [-0.25, -0.2) is 0 Å². The summed E-state index contributed by atoms with van der Waals surface area (Å²) >= 11 is 0. The van der Waals surface area contributed by atoms with Crippen molar-refractivity contribution >= 4 is 10.9 Å². The highest BCUT2D eigenvalue weighted by molar-refractivity contribution is 5.75. The smallest absolute Gasteiger partial charge is 0.0997 e. The van der Waals surface area contributed by atoms with Crippen LogP contribution in [0.15, 0.2) is 18.5 Å². The van der Waals surface area contributed by atoms with Gasteiger partial charge in [0.15, 0.2) is 0 Å². The van der Waals surface area contributed by atoms with E-state index >= 15 is 0 Å². The van der Waals surface area contributed by atoms with Crippen LogP contribution in [0.4, 0.5) is 0 Å². The van der Waals surface area contributed by atoms with Gasteiger partial charge in [0.05, 0.1) is 11.7 Å². The Morgan fingerprint density at radius 3 is 3.08 bits per heavy atom. The van der Waals surface area contributed by atoms with Gasteiger partial charge >= 0.3 is 0 Å². The van der Waals surface area contributed by atoms with Gasteiger partial charge in [0, 0.05) is 17.3 Å². The van der Waals surface area contributed by atoms with Crippen molar-refractivity contribution in [1.82, 2.24) is 20.4 Å². The van der Waals surface area contributed by atoms with Crippen molar-refractivity contribution in [3.63, 3.8) is 0 Å². The van der Waals surface area contributed by atoms with Crippen LogP contribution in [-0.2, 0) is 6.42 Å². The van der Waals surface area contributed by atoms with E-state index in [2.05, 4.69) is 27.3 Å². The van der Waals surface area contributed by atoms with Crippen LogP contribution in [0.3, 0.4) is 0 Å². The first-order valence-corrected chi connectivity index (χ1v) is 3.83. The van der Waals surface area contributed by atoms with Gasteiger partial charge < -0.3 is 0 Å². The van der Waals surface area contributed by atoms with E-state index in [1.807, 2.05) is 6.07 Å². The van der Waals surface area contributed by atoms with Crippen LogP contribution in [0, 0.1) is 0 Å². The molecule has 2 aromatic heterocycles. The lowest BCUT2D eigenvalue weighted by Gasteiger charge is -1.96. The quantitative estimate of drug-likeness (QED) is 0.624. The highest BCUT2D eigenvalue weighted by Gasteiger charge is 1.96. The highest BCUT2D eigenvalue weighted by Crippen LogP contribution is 2.08. The van der Waals surface area contributed by atoms with Gasteiger partial charge in [0.2, 0.25) is 0 Å². The fraction of sp³-hybridized carbons (Fsp3) is 0.250. The van der Waals surface area contributed by atoms with Crippen LogP contribution in [0.25, 0.3) is 10.9 Å². The molecule has 0 aliphatic rings. The number of nitrogens with zero attached hydrogens (tertiary/aromatic N) is 4. The molecule has 0 N–H and O–H groups in total. The Hall–Kier alpha value is -1.58. The van der Waals surface area contributed by atoms with Crippen molar-refractivity contribution in [3.05, 3.63) is 24.2 Å². The summed E-state index contributed by atoms with van der Waals surface area (Å²) in [6, 6.07) is 1.93. The number of fused-ring (bicyclic) bond motifs is 1. The van der Waals surface area contributed by atoms with Gasteiger partial charge in [-0.05, 0) is 17.7 Å². The SMILES string of the molecule is CCc1cc2nnncc2cn1. The van der Waals surface area contributed by atoms with Gasteiger partial charge in [0.25, 0.3) is 0 Å². The Labute approximate surface area is 69.7 Å². The van der Waals surface area contributed by atoms with Gasteiger partial charge in [-0.3, -0.25) is 4.98 Å². The summed E-state index contributed by atoms with van der Waals surface area (Å²) in [6.45, 7) is 2.06. The van der Waals surface area contributed by atoms with E-state index in [0.717, 1.165) is 23.0 Å². The lowest BCUT2D eigenvalue weighted by Crippen LogP contribution is -1.91. The van der Waals surface area contributed by atoms with Gasteiger partial charge in [0.1, 0.15) is 0 Å². The normalized spacial score (nSPS) is 10.4. The first-order chi connectivity index (χ1) is 5.90. The lowest BCUT2D eigenvalue weighted by atomic mass is 10.2. The molecule has 0 spiro atoms. The maximum absolute atomic E-state index is 4.22. The Kier molecular flexibility index (Phi) is 1.66. The van der Waals surface area contributed by atoms with Crippen molar-refractivity contribution in [1.29, 1.82) is 0 Å². The second kappa shape index (κ2) is 2.81. The standard InChI is InChI=1S/C8H8N4/c1-2-7-3-8-6(4-9-7)5-10-12-11-8/h3-5H,2H2,1H3. The Morgan fingerprint density at radius 2 is 2.25 bits per heavy atom. The largest absolute Gasteiger partial charge is 0.260 e. The van der Waals surface area contributed by atoms with E-state index in [9.17, 15) is 0 Å². The van der Waals surface area contributed by atoms with Crippen molar-refractivity contribution in [3.8, 4) is 0 Å². The second-order valence-corrected chi connectivity index (χ2v) is 2.52. The van der Waals surface area contributed by atoms with E-state index in [0.29, 0.717) is 0 Å². The Morgan fingerprint density at radius 1 is 1.33 bits per heavy atom. The summed E-state index contributed by atoms with van der Waals surface area (Å²) in [4.78, 5) is 4.22. The highest BCUT2D eigenvalue weighted by atomic mass is 15.3. The van der Waals surface area contributed by atoms with Gasteiger partial charge in [-0.15, -0.1) is 10.2 Å². The molecular weight excluding hydrogens is 152 g/mol. The van der Waals surface area contributed by atoms with E-state index in [4.69, 9.17) is 0 Å². The molecule has 0 saturated heterocycles. The first-order valence-electron chi connectivity index (χ1n) is 3.83. The molecule has 0 aliphatic heterocycles. The third kappa shape index (κ3) is 1.11. The molecule has 0 unspecified atom stereocenters. The predicted octanol–water partition coefficient (Wildman–Crippen LogP) is 0.982. The van der Waals surface area contributed by atoms with Crippen molar-refractivity contribution in [2.45, 2.75) is 13.3 Å². The minimum atomic E-state index is 0.858. The lowest BCUT2D eigenvalue weighted by molar-refractivity contribution is 0.890. The van der Waals surface area contributed by atoms with Crippen LogP contribution >= 0.6 is 0 Å². The van der Waals surface area contributed by atoms with E-state index in [1.54, 1.807) is 12.4 Å². The number of aromatic nitrogens is 4. The maximum atomic E-state index is 4.22. The maximum Gasteiger partial charge on any atom is 0.0997 e. The topological polar surface area (TPSA) is 51.6 Å². The molecule has 12 heavy (non-hydrogen) atoms. The number of pyridine rings is 1. The Balaban J connectivity index is 2.67. The average Bonchev–Trinajstić information content (AvgIpc) is 2.17. The summed E-state index contributed by atoms with van der Waals surface area (Å²) in [5.41, 5.74) is 1.89. The molecule has 0 fully saturated rings. The fourth-order valence-electron chi connectivity index (χ4n) is 1.04. The minimum absolute atomic E-state index is 0.858. The van der Waals surface area contributed by atoms with Crippen molar-refractivity contribution < 1.29 is 0 Å². The van der Waals surface area contributed by atoms with Crippen molar-refractivity contribution in [2.24, 2.45) is 0 Å². The molecule has 0 radical (unpaired) electrons. The molecule has 2 aromatic rings. The zero-order valence-electron chi connectivity index (χ0n) is 6.73. The molecule has 4 heteroatoms. The Bertz CT molecular complexity index is 399. The molecule has 0 saturated carbocycles. The van der Waals surface area contributed by atoms with Gasteiger partial charge in [-0.1, -0.05) is 6.92 Å². The van der Waals surface area contributed by atoms with Crippen LogP contribution in [0.1, 0.15) is 12.6 Å². The third-order valence-corrected chi connectivity index (χ3v) is 1.73. The number of aryl methyl sites for hydroxylation is 1. The molecule has 4 nitrogen and oxygen atoms in total. The average molecular weight is 160 g/mol. The molecule has 0 bridgehead atoms. The second-order valence-electron chi connectivity index (χ2n) is 2.52. The predicted molar refractivity (Wildman–Crippen MR) is 44.5 cm³/mol. The minimum Gasteiger partial charge on any atom is -0.260 e. The van der Waals surface area contributed by atoms with Crippen LogP contribution in [0.2, 0.25) is 0 Å². The summed E-state index contributed by atoms with van der Waals surface area (Å²) in [7, 11) is 0. The third-order valence-electron chi connectivity index (χ3n) is 1.73. The van der Waals surface area contributed by atoms with Crippen molar-refractivity contribution in [2.75, 3.05) is 0 Å². The van der Waals surface area contributed by atoms with E-state index in [-0.39, 0.29) is 0 Å². The number of hydrogen-bond acceptors (Lipinski definition) is 4. The van der Waals surface area contributed by atoms with E-state index < -0.39 is 0 Å². The summed E-state index contributed by atoms with van der Waals surface area (Å²) < 4.78 is 0. The van der Waals surface area contributed by atoms with Gasteiger partial charge in [-0.2, -0.15) is 0 Å². The van der Waals surface area contributed by atoms with E-state index in [1.165, 1.54) is 0 Å².